The van der Waals surface area contributed by atoms with Crippen molar-refractivity contribution in [2.24, 2.45) is 5.10 Å². The summed E-state index contributed by atoms with van der Waals surface area (Å²) in [6.45, 7) is 1.71. The van der Waals surface area contributed by atoms with Gasteiger partial charge in [0.15, 0.2) is 6.61 Å². The Hall–Kier alpha value is -2.53. The molecule has 2 aromatic carbocycles. The molecule has 0 aromatic heterocycles. The van der Waals surface area contributed by atoms with Crippen LogP contribution in [-0.4, -0.2) is 23.8 Å². The third-order valence-electron chi connectivity index (χ3n) is 2.80. The average Bonchev–Trinajstić information content (AvgIpc) is 2.50. The lowest BCUT2D eigenvalue weighted by Crippen LogP contribution is -2.24. The van der Waals surface area contributed by atoms with Crippen molar-refractivity contribution in [3.63, 3.8) is 0 Å². The SMILES string of the molecule is Cc1cc(OCC(=O)NN=Cc2ccc(O)cc2)ccc1Cl. The topological polar surface area (TPSA) is 70.9 Å². The highest BCUT2D eigenvalue weighted by molar-refractivity contribution is 6.31. The number of ether oxygens (including phenoxy) is 1. The Morgan fingerprint density at radius 2 is 2.05 bits per heavy atom. The molecule has 2 rings (SSSR count). The molecule has 0 bridgehead atoms. The summed E-state index contributed by atoms with van der Waals surface area (Å²) in [7, 11) is 0. The summed E-state index contributed by atoms with van der Waals surface area (Å²) in [5.74, 6) is 0.370. The maximum Gasteiger partial charge on any atom is 0.277 e. The Balaban J connectivity index is 1.80. The summed E-state index contributed by atoms with van der Waals surface area (Å²) in [5.41, 5.74) is 4.00. The molecule has 0 heterocycles. The molecule has 0 fully saturated rings. The van der Waals surface area contributed by atoms with E-state index in [4.69, 9.17) is 21.4 Å². The van der Waals surface area contributed by atoms with Crippen LogP contribution >= 0.6 is 11.6 Å². The number of nitrogens with zero attached hydrogens (tertiary/aromatic N) is 1. The van der Waals surface area contributed by atoms with E-state index >= 15 is 0 Å². The predicted octanol–water partition coefficient (Wildman–Crippen LogP) is 2.88. The Kier molecular flexibility index (Phi) is 5.38. The molecular formula is C16H15ClN2O3. The number of phenols is 1. The number of benzene rings is 2. The highest BCUT2D eigenvalue weighted by Crippen LogP contribution is 2.20. The molecule has 0 aliphatic rings. The van der Waals surface area contributed by atoms with Gasteiger partial charge in [0.25, 0.3) is 5.91 Å². The first-order valence-electron chi connectivity index (χ1n) is 6.54. The van der Waals surface area contributed by atoms with Crippen molar-refractivity contribution in [2.45, 2.75) is 6.92 Å². The molecule has 0 atom stereocenters. The number of hydrogen-bond donors (Lipinski definition) is 2. The summed E-state index contributed by atoms with van der Waals surface area (Å²) in [4.78, 5) is 11.6. The molecule has 0 unspecified atom stereocenters. The highest BCUT2D eigenvalue weighted by Gasteiger charge is 2.03. The van der Waals surface area contributed by atoms with Crippen molar-refractivity contribution in [2.75, 3.05) is 6.61 Å². The Bertz CT molecular complexity index is 684. The third kappa shape index (κ3) is 4.79. The van der Waals surface area contributed by atoms with Crippen LogP contribution in [0.1, 0.15) is 11.1 Å². The van der Waals surface area contributed by atoms with Crippen molar-refractivity contribution in [3.8, 4) is 11.5 Å². The molecule has 0 saturated carbocycles. The zero-order chi connectivity index (χ0) is 15.9. The van der Waals surface area contributed by atoms with Gasteiger partial charge in [-0.15, -0.1) is 0 Å². The number of halogens is 1. The van der Waals surface area contributed by atoms with Crippen LogP contribution in [-0.2, 0) is 4.79 Å². The minimum atomic E-state index is -0.373. The number of hydrazone groups is 1. The molecule has 0 spiro atoms. The third-order valence-corrected chi connectivity index (χ3v) is 3.22. The van der Waals surface area contributed by atoms with Crippen LogP contribution in [0.5, 0.6) is 11.5 Å². The monoisotopic (exact) mass is 318 g/mol. The molecule has 0 saturated heterocycles. The van der Waals surface area contributed by atoms with E-state index in [1.165, 1.54) is 18.3 Å². The number of aromatic hydroxyl groups is 1. The number of carbonyl (C=O) groups is 1. The number of aryl methyl sites for hydroxylation is 1. The van der Waals surface area contributed by atoms with Gasteiger partial charge in [-0.2, -0.15) is 5.10 Å². The second-order valence-electron chi connectivity index (χ2n) is 4.58. The lowest BCUT2D eigenvalue weighted by molar-refractivity contribution is -0.123. The first-order valence-corrected chi connectivity index (χ1v) is 6.92. The lowest BCUT2D eigenvalue weighted by Gasteiger charge is -2.06. The van der Waals surface area contributed by atoms with Crippen LogP contribution in [0.15, 0.2) is 47.6 Å². The minimum Gasteiger partial charge on any atom is -0.508 e. The number of phenolic OH excluding ortho intramolecular Hbond substituents is 1. The molecule has 2 aromatic rings. The fourth-order valence-electron chi connectivity index (χ4n) is 1.63. The fourth-order valence-corrected chi connectivity index (χ4v) is 1.74. The smallest absolute Gasteiger partial charge is 0.277 e. The lowest BCUT2D eigenvalue weighted by atomic mass is 10.2. The van der Waals surface area contributed by atoms with Gasteiger partial charge in [-0.1, -0.05) is 11.6 Å². The van der Waals surface area contributed by atoms with Crippen molar-refractivity contribution < 1.29 is 14.6 Å². The summed E-state index contributed by atoms with van der Waals surface area (Å²) >= 11 is 5.91. The van der Waals surface area contributed by atoms with Crippen molar-refractivity contribution in [1.29, 1.82) is 0 Å². The molecule has 6 heteroatoms. The van der Waals surface area contributed by atoms with Crippen molar-refractivity contribution in [3.05, 3.63) is 58.6 Å². The molecule has 2 N–H and O–H groups in total. The van der Waals surface area contributed by atoms with E-state index in [2.05, 4.69) is 10.5 Å². The van der Waals surface area contributed by atoms with E-state index in [-0.39, 0.29) is 18.3 Å². The van der Waals surface area contributed by atoms with Crippen LogP contribution in [0.25, 0.3) is 0 Å². The molecule has 0 aliphatic carbocycles. The molecule has 1 amide bonds. The van der Waals surface area contributed by atoms with Gasteiger partial charge in [0.2, 0.25) is 0 Å². The summed E-state index contributed by atoms with van der Waals surface area (Å²) < 4.78 is 5.34. The molecule has 0 radical (unpaired) electrons. The maximum absolute atomic E-state index is 11.6. The maximum atomic E-state index is 11.6. The largest absolute Gasteiger partial charge is 0.508 e. The average molecular weight is 319 g/mol. The number of carbonyl (C=O) groups excluding carboxylic acids is 1. The Morgan fingerprint density at radius 3 is 2.73 bits per heavy atom. The van der Waals surface area contributed by atoms with Gasteiger partial charge in [0, 0.05) is 5.02 Å². The first kappa shape index (κ1) is 15.9. The van der Waals surface area contributed by atoms with Crippen LogP contribution in [0.4, 0.5) is 0 Å². The zero-order valence-electron chi connectivity index (χ0n) is 11.9. The second-order valence-corrected chi connectivity index (χ2v) is 4.99. The minimum absolute atomic E-state index is 0.145. The molecule has 114 valence electrons. The van der Waals surface area contributed by atoms with Gasteiger partial charge < -0.3 is 9.84 Å². The van der Waals surface area contributed by atoms with Gasteiger partial charge in [-0.05, 0) is 60.5 Å². The zero-order valence-corrected chi connectivity index (χ0v) is 12.7. The van der Waals surface area contributed by atoms with E-state index < -0.39 is 0 Å². The van der Waals surface area contributed by atoms with Gasteiger partial charge in [0.1, 0.15) is 11.5 Å². The Morgan fingerprint density at radius 1 is 1.32 bits per heavy atom. The molecule has 0 aliphatic heterocycles. The molecule has 5 nitrogen and oxygen atoms in total. The van der Waals surface area contributed by atoms with Gasteiger partial charge >= 0.3 is 0 Å². The van der Waals surface area contributed by atoms with E-state index in [9.17, 15) is 4.79 Å². The Labute approximate surface area is 133 Å². The second kappa shape index (κ2) is 7.47. The number of hydrogen-bond acceptors (Lipinski definition) is 4. The predicted molar refractivity (Wildman–Crippen MR) is 85.5 cm³/mol. The van der Waals surface area contributed by atoms with E-state index in [1.54, 1.807) is 30.3 Å². The molecular weight excluding hydrogens is 304 g/mol. The van der Waals surface area contributed by atoms with Gasteiger partial charge in [-0.3, -0.25) is 4.79 Å². The van der Waals surface area contributed by atoms with Crippen LogP contribution in [0.2, 0.25) is 5.02 Å². The normalized spacial score (nSPS) is 10.6. The summed E-state index contributed by atoms with van der Waals surface area (Å²) in [6.07, 6.45) is 1.48. The van der Waals surface area contributed by atoms with E-state index in [0.29, 0.717) is 10.8 Å². The van der Waals surface area contributed by atoms with E-state index in [0.717, 1.165) is 11.1 Å². The van der Waals surface area contributed by atoms with Crippen molar-refractivity contribution >= 4 is 23.7 Å². The molecule has 22 heavy (non-hydrogen) atoms. The van der Waals surface area contributed by atoms with Crippen LogP contribution in [0, 0.1) is 6.92 Å². The van der Waals surface area contributed by atoms with E-state index in [1.807, 2.05) is 6.92 Å². The fraction of sp³-hybridized carbons (Fsp3) is 0.125. The number of amides is 1. The van der Waals surface area contributed by atoms with Crippen LogP contribution in [0.3, 0.4) is 0 Å². The van der Waals surface area contributed by atoms with Gasteiger partial charge in [-0.25, -0.2) is 5.43 Å². The summed E-state index contributed by atoms with van der Waals surface area (Å²) in [5, 5.41) is 13.6. The standard InChI is InChI=1S/C16H15ClN2O3/c1-11-8-14(6-7-15(11)17)22-10-16(21)19-18-9-12-2-4-13(20)5-3-12/h2-9,20H,10H2,1H3,(H,19,21). The number of nitrogens with one attached hydrogen (secondary N) is 1. The first-order chi connectivity index (χ1) is 10.5. The van der Waals surface area contributed by atoms with Crippen LogP contribution < -0.4 is 10.2 Å². The summed E-state index contributed by atoms with van der Waals surface area (Å²) in [6, 6.07) is 11.6. The number of rotatable bonds is 5. The quantitative estimate of drug-likeness (QED) is 0.658. The highest BCUT2D eigenvalue weighted by atomic mass is 35.5. The van der Waals surface area contributed by atoms with Crippen molar-refractivity contribution in [1.82, 2.24) is 5.43 Å². The van der Waals surface area contributed by atoms with Gasteiger partial charge in [0.05, 0.1) is 6.21 Å².